The molecule has 0 unspecified atom stereocenters. The molecule has 27 heavy (non-hydrogen) atoms. The van der Waals surface area contributed by atoms with E-state index in [1.54, 1.807) is 37.1 Å². The lowest BCUT2D eigenvalue weighted by molar-refractivity contribution is 0.355. The first-order valence-electron chi connectivity index (χ1n) is 8.28. The molecule has 0 saturated carbocycles. The lowest BCUT2D eigenvalue weighted by Gasteiger charge is -2.10. The first kappa shape index (κ1) is 16.8. The van der Waals surface area contributed by atoms with E-state index in [2.05, 4.69) is 15.4 Å². The molecule has 2 heterocycles. The lowest BCUT2D eigenvalue weighted by atomic mass is 10.1. The van der Waals surface area contributed by atoms with E-state index in [1.807, 2.05) is 30.3 Å². The molecule has 0 aliphatic carbocycles. The summed E-state index contributed by atoms with van der Waals surface area (Å²) in [7, 11) is 3.19. The SMILES string of the molecule is COc1ccc(-c2ccc3ncc(Nc4cccc(F)c4)n3n2)cc1OC. The number of benzene rings is 2. The Morgan fingerprint density at radius 1 is 0.963 bits per heavy atom. The van der Waals surface area contributed by atoms with Gasteiger partial charge in [-0.15, -0.1) is 0 Å². The van der Waals surface area contributed by atoms with Crippen molar-refractivity contribution in [3.8, 4) is 22.8 Å². The summed E-state index contributed by atoms with van der Waals surface area (Å²) < 4.78 is 25.7. The van der Waals surface area contributed by atoms with Crippen LogP contribution in [0.25, 0.3) is 16.9 Å². The van der Waals surface area contributed by atoms with E-state index in [0.29, 0.717) is 28.7 Å². The molecule has 2 aromatic carbocycles. The number of halogens is 1. The summed E-state index contributed by atoms with van der Waals surface area (Å²) >= 11 is 0. The molecule has 2 aromatic heterocycles. The van der Waals surface area contributed by atoms with Crippen molar-refractivity contribution in [2.24, 2.45) is 0 Å². The van der Waals surface area contributed by atoms with E-state index in [9.17, 15) is 4.39 Å². The van der Waals surface area contributed by atoms with Gasteiger partial charge < -0.3 is 14.8 Å². The standard InChI is InChI=1S/C20H17FN4O2/c1-26-17-8-6-13(10-18(17)27-2)16-7-9-19-22-12-20(25(19)24-16)23-15-5-3-4-14(21)11-15/h3-12,23H,1-2H3. The van der Waals surface area contributed by atoms with E-state index in [-0.39, 0.29) is 5.82 Å². The van der Waals surface area contributed by atoms with Crippen molar-refractivity contribution in [1.82, 2.24) is 14.6 Å². The smallest absolute Gasteiger partial charge is 0.161 e. The number of ether oxygens (including phenoxy) is 2. The number of rotatable bonds is 5. The van der Waals surface area contributed by atoms with Crippen molar-refractivity contribution in [3.05, 3.63) is 66.6 Å². The number of nitrogens with zero attached hydrogens (tertiary/aromatic N) is 3. The van der Waals surface area contributed by atoms with Crippen LogP contribution in [0.3, 0.4) is 0 Å². The van der Waals surface area contributed by atoms with Gasteiger partial charge in [-0.25, -0.2) is 9.37 Å². The number of imidazole rings is 1. The molecule has 0 amide bonds. The molecule has 0 spiro atoms. The fourth-order valence-corrected chi connectivity index (χ4v) is 2.82. The number of fused-ring (bicyclic) bond motifs is 1. The maximum absolute atomic E-state index is 13.4. The van der Waals surface area contributed by atoms with E-state index in [0.717, 1.165) is 11.3 Å². The van der Waals surface area contributed by atoms with Crippen molar-refractivity contribution in [1.29, 1.82) is 0 Å². The summed E-state index contributed by atoms with van der Waals surface area (Å²) in [5, 5.41) is 7.80. The zero-order valence-corrected chi connectivity index (χ0v) is 14.8. The largest absolute Gasteiger partial charge is 0.493 e. The van der Waals surface area contributed by atoms with Crippen LogP contribution < -0.4 is 14.8 Å². The molecule has 6 nitrogen and oxygen atoms in total. The zero-order chi connectivity index (χ0) is 18.8. The van der Waals surface area contributed by atoms with Gasteiger partial charge in [0, 0.05) is 11.3 Å². The number of methoxy groups -OCH3 is 2. The van der Waals surface area contributed by atoms with E-state index in [1.165, 1.54) is 12.1 Å². The Morgan fingerprint density at radius 3 is 2.59 bits per heavy atom. The second-order valence-electron chi connectivity index (χ2n) is 5.84. The Morgan fingerprint density at radius 2 is 1.81 bits per heavy atom. The first-order valence-corrected chi connectivity index (χ1v) is 8.28. The number of aromatic nitrogens is 3. The zero-order valence-electron chi connectivity index (χ0n) is 14.8. The highest BCUT2D eigenvalue weighted by atomic mass is 19.1. The predicted molar refractivity (Wildman–Crippen MR) is 101 cm³/mol. The number of anilines is 2. The van der Waals surface area contributed by atoms with Crippen LogP contribution in [0.15, 0.2) is 60.8 Å². The van der Waals surface area contributed by atoms with E-state index >= 15 is 0 Å². The molecule has 4 rings (SSSR count). The van der Waals surface area contributed by atoms with Crippen molar-refractivity contribution >= 4 is 17.2 Å². The molecule has 0 aliphatic heterocycles. The van der Waals surface area contributed by atoms with Crippen LogP contribution in [0.4, 0.5) is 15.9 Å². The van der Waals surface area contributed by atoms with Crippen LogP contribution >= 0.6 is 0 Å². The van der Waals surface area contributed by atoms with E-state index < -0.39 is 0 Å². The number of nitrogens with one attached hydrogen (secondary N) is 1. The minimum absolute atomic E-state index is 0.312. The molecule has 136 valence electrons. The van der Waals surface area contributed by atoms with Gasteiger partial charge in [-0.1, -0.05) is 6.07 Å². The normalized spacial score (nSPS) is 10.8. The highest BCUT2D eigenvalue weighted by molar-refractivity contribution is 5.66. The van der Waals surface area contributed by atoms with Gasteiger partial charge >= 0.3 is 0 Å². The highest BCUT2D eigenvalue weighted by Crippen LogP contribution is 2.31. The van der Waals surface area contributed by atoms with Crippen LogP contribution in [0, 0.1) is 5.82 Å². The van der Waals surface area contributed by atoms with Gasteiger partial charge in [0.05, 0.1) is 26.1 Å². The Bertz CT molecular complexity index is 1110. The maximum Gasteiger partial charge on any atom is 0.161 e. The first-order chi connectivity index (χ1) is 13.2. The molecule has 0 bridgehead atoms. The van der Waals surface area contributed by atoms with Gasteiger partial charge in [0.15, 0.2) is 23.0 Å². The quantitative estimate of drug-likeness (QED) is 0.572. The second-order valence-corrected chi connectivity index (χ2v) is 5.84. The fraction of sp³-hybridized carbons (Fsp3) is 0.100. The van der Waals surface area contributed by atoms with Gasteiger partial charge in [0.25, 0.3) is 0 Å². The average molecular weight is 364 g/mol. The van der Waals surface area contributed by atoms with Crippen molar-refractivity contribution < 1.29 is 13.9 Å². The van der Waals surface area contributed by atoms with Crippen molar-refractivity contribution in [3.63, 3.8) is 0 Å². The molecule has 0 saturated heterocycles. The van der Waals surface area contributed by atoms with Gasteiger partial charge in [0.2, 0.25) is 0 Å². The highest BCUT2D eigenvalue weighted by Gasteiger charge is 2.10. The predicted octanol–water partition coefficient (Wildman–Crippen LogP) is 4.30. The third-order valence-electron chi connectivity index (χ3n) is 4.14. The van der Waals surface area contributed by atoms with Gasteiger partial charge in [-0.2, -0.15) is 9.61 Å². The van der Waals surface area contributed by atoms with Crippen molar-refractivity contribution in [2.75, 3.05) is 19.5 Å². The van der Waals surface area contributed by atoms with Crippen LogP contribution in [-0.2, 0) is 0 Å². The van der Waals surface area contributed by atoms with Crippen LogP contribution in [-0.4, -0.2) is 28.8 Å². The molecule has 0 atom stereocenters. The molecule has 0 fully saturated rings. The lowest BCUT2D eigenvalue weighted by Crippen LogP contribution is -2.00. The van der Waals surface area contributed by atoms with E-state index in [4.69, 9.17) is 9.47 Å². The average Bonchev–Trinajstić information content (AvgIpc) is 3.09. The molecule has 0 aliphatic rings. The molecular weight excluding hydrogens is 347 g/mol. The summed E-state index contributed by atoms with van der Waals surface area (Å²) in [6.07, 6.45) is 1.66. The third-order valence-corrected chi connectivity index (χ3v) is 4.14. The monoisotopic (exact) mass is 364 g/mol. The summed E-state index contributed by atoms with van der Waals surface area (Å²) in [5.41, 5.74) is 2.91. The molecule has 0 radical (unpaired) electrons. The number of hydrogen-bond donors (Lipinski definition) is 1. The summed E-state index contributed by atoms with van der Waals surface area (Å²) in [5.74, 6) is 1.60. The Balaban J connectivity index is 1.74. The van der Waals surface area contributed by atoms with Crippen molar-refractivity contribution in [2.45, 2.75) is 0 Å². The summed E-state index contributed by atoms with van der Waals surface area (Å²) in [6.45, 7) is 0. The molecule has 1 N–H and O–H groups in total. The minimum Gasteiger partial charge on any atom is -0.493 e. The maximum atomic E-state index is 13.4. The Kier molecular flexibility index (Phi) is 4.33. The van der Waals surface area contributed by atoms with Crippen LogP contribution in [0.1, 0.15) is 0 Å². The van der Waals surface area contributed by atoms with Gasteiger partial charge in [-0.3, -0.25) is 0 Å². The third kappa shape index (κ3) is 3.27. The van der Waals surface area contributed by atoms with Crippen LogP contribution in [0.5, 0.6) is 11.5 Å². The summed E-state index contributed by atoms with van der Waals surface area (Å²) in [4.78, 5) is 4.33. The second kappa shape index (κ2) is 6.95. The molecule has 4 aromatic rings. The Labute approximate surface area is 155 Å². The molecular formula is C20H17FN4O2. The minimum atomic E-state index is -0.312. The van der Waals surface area contributed by atoms with Gasteiger partial charge in [-0.05, 0) is 48.5 Å². The number of hydrogen-bond acceptors (Lipinski definition) is 5. The topological polar surface area (TPSA) is 60.7 Å². The summed E-state index contributed by atoms with van der Waals surface area (Å²) in [6, 6.07) is 15.6. The molecule has 7 heteroatoms. The fourth-order valence-electron chi connectivity index (χ4n) is 2.82. The van der Waals surface area contributed by atoms with Crippen LogP contribution in [0.2, 0.25) is 0 Å². The van der Waals surface area contributed by atoms with Gasteiger partial charge in [0.1, 0.15) is 5.82 Å². The Hall–Kier alpha value is -3.61.